The van der Waals surface area contributed by atoms with Gasteiger partial charge >= 0.3 is 5.97 Å². The molecule has 0 atom stereocenters. The molecule has 2 rings (SSSR count). The number of carboxylic acid groups (broad SMARTS) is 1. The minimum atomic E-state index is -3.15. The number of rotatable bonds is 5. The molecule has 0 unspecified atom stereocenters. The maximum absolute atomic E-state index is 11.2. The summed E-state index contributed by atoms with van der Waals surface area (Å²) in [7, 11) is -3.15. The molecule has 2 aromatic heterocycles. The van der Waals surface area contributed by atoms with Gasteiger partial charge in [0.05, 0.1) is 17.2 Å². The van der Waals surface area contributed by atoms with Crippen molar-refractivity contribution in [1.82, 2.24) is 15.0 Å². The summed E-state index contributed by atoms with van der Waals surface area (Å²) in [6.45, 7) is 0.0757. The molecule has 102 valence electrons. The van der Waals surface area contributed by atoms with Gasteiger partial charge in [-0.15, -0.1) is 16.4 Å². The highest BCUT2D eigenvalue weighted by Crippen LogP contribution is 2.26. The quantitative estimate of drug-likeness (QED) is 0.874. The molecule has 9 heteroatoms. The van der Waals surface area contributed by atoms with E-state index in [1.807, 2.05) is 0 Å². The fraction of sp³-hybridized carbons (Fsp3) is 0.300. The maximum Gasteiger partial charge on any atom is 0.358 e. The molecule has 0 bridgehead atoms. The first-order valence-corrected chi connectivity index (χ1v) is 8.21. The number of sulfone groups is 1. The molecule has 2 heterocycles. The topological polar surface area (TPSA) is 102 Å². The number of aromatic nitrogens is 3. The van der Waals surface area contributed by atoms with Gasteiger partial charge in [0.15, 0.2) is 5.69 Å². The number of aryl methyl sites for hydroxylation is 1. The van der Waals surface area contributed by atoms with Crippen LogP contribution in [-0.2, 0) is 16.4 Å². The lowest BCUT2D eigenvalue weighted by Gasteiger charge is -2.04. The second-order valence-corrected chi connectivity index (χ2v) is 7.13. The van der Waals surface area contributed by atoms with Crippen molar-refractivity contribution < 1.29 is 18.3 Å². The summed E-state index contributed by atoms with van der Waals surface area (Å²) in [5.41, 5.74) is 0.169. The Hall–Kier alpha value is -1.74. The van der Waals surface area contributed by atoms with Gasteiger partial charge in [-0.1, -0.05) is 11.3 Å². The fourth-order valence-corrected chi connectivity index (χ4v) is 2.80. The van der Waals surface area contributed by atoms with Gasteiger partial charge in [-0.05, 0) is 11.4 Å². The zero-order valence-electron chi connectivity index (χ0n) is 9.98. The van der Waals surface area contributed by atoms with Crippen LogP contribution in [-0.4, -0.2) is 46.5 Å². The molecular weight excluding hydrogens is 290 g/mol. The molecule has 0 saturated heterocycles. The minimum absolute atomic E-state index is 0.0757. The molecule has 0 amide bonds. The molecule has 1 N–H and O–H groups in total. The normalized spacial score (nSPS) is 11.6. The molecule has 0 saturated carbocycles. The third kappa shape index (κ3) is 3.18. The van der Waals surface area contributed by atoms with E-state index in [9.17, 15) is 13.2 Å². The van der Waals surface area contributed by atoms with Crippen molar-refractivity contribution in [2.75, 3.05) is 12.0 Å². The third-order valence-electron chi connectivity index (χ3n) is 2.37. The van der Waals surface area contributed by atoms with E-state index in [0.29, 0.717) is 10.6 Å². The summed E-state index contributed by atoms with van der Waals surface area (Å²) in [5, 5.41) is 18.2. The van der Waals surface area contributed by atoms with E-state index in [-0.39, 0.29) is 18.0 Å². The summed E-state index contributed by atoms with van der Waals surface area (Å²) < 4.78 is 23.7. The lowest BCUT2D eigenvalue weighted by Crippen LogP contribution is -2.13. The van der Waals surface area contributed by atoms with Crippen molar-refractivity contribution >= 4 is 27.1 Å². The van der Waals surface area contributed by atoms with Crippen molar-refractivity contribution in [3.63, 3.8) is 0 Å². The summed E-state index contributed by atoms with van der Waals surface area (Å²) in [4.78, 5) is 11.8. The fourth-order valence-electron chi connectivity index (χ4n) is 1.52. The van der Waals surface area contributed by atoms with Gasteiger partial charge in [0.2, 0.25) is 0 Å². The van der Waals surface area contributed by atoms with E-state index in [2.05, 4.69) is 10.3 Å². The zero-order chi connectivity index (χ0) is 14.0. The van der Waals surface area contributed by atoms with Crippen molar-refractivity contribution in [3.05, 3.63) is 23.2 Å². The Morgan fingerprint density at radius 1 is 1.53 bits per heavy atom. The van der Waals surface area contributed by atoms with Crippen LogP contribution >= 0.6 is 11.3 Å². The highest BCUT2D eigenvalue weighted by Gasteiger charge is 2.21. The van der Waals surface area contributed by atoms with Gasteiger partial charge in [0, 0.05) is 6.26 Å². The largest absolute Gasteiger partial charge is 0.476 e. The van der Waals surface area contributed by atoms with E-state index in [4.69, 9.17) is 5.11 Å². The van der Waals surface area contributed by atoms with Crippen molar-refractivity contribution in [2.45, 2.75) is 6.54 Å². The molecule has 19 heavy (non-hydrogen) atoms. The number of carbonyl (C=O) groups is 1. The molecule has 0 radical (unpaired) electrons. The second-order valence-electron chi connectivity index (χ2n) is 3.92. The Labute approximate surface area is 113 Å². The predicted octanol–water partition coefficient (Wildman–Crippen LogP) is 0.749. The number of aromatic carboxylic acids is 1. The van der Waals surface area contributed by atoms with E-state index in [1.54, 1.807) is 17.5 Å². The highest BCUT2D eigenvalue weighted by atomic mass is 32.2. The molecule has 2 aromatic rings. The van der Waals surface area contributed by atoms with E-state index < -0.39 is 15.8 Å². The lowest BCUT2D eigenvalue weighted by atomic mass is 10.2. The standard InChI is InChI=1S/C10H11N3O4S2/c1-19(16,17)6-4-13-9(7-3-2-5-18-7)8(10(14)15)11-12-13/h2-3,5H,4,6H2,1H3,(H,14,15). The summed E-state index contributed by atoms with van der Waals surface area (Å²) in [6.07, 6.45) is 1.12. The summed E-state index contributed by atoms with van der Waals surface area (Å²) in [5.74, 6) is -1.30. The lowest BCUT2D eigenvalue weighted by molar-refractivity contribution is 0.0691. The monoisotopic (exact) mass is 301 g/mol. The maximum atomic E-state index is 11.2. The van der Waals surface area contributed by atoms with Crippen molar-refractivity contribution in [3.8, 4) is 10.6 Å². The van der Waals surface area contributed by atoms with Gasteiger partial charge in [-0.25, -0.2) is 17.9 Å². The van der Waals surface area contributed by atoms with Gasteiger partial charge in [0.25, 0.3) is 0 Å². The van der Waals surface area contributed by atoms with Crippen molar-refractivity contribution in [1.29, 1.82) is 0 Å². The molecule has 0 aliphatic carbocycles. The first-order valence-electron chi connectivity index (χ1n) is 5.27. The van der Waals surface area contributed by atoms with Gasteiger partial charge in [0.1, 0.15) is 15.5 Å². The van der Waals surface area contributed by atoms with Gasteiger partial charge in [-0.2, -0.15) is 0 Å². The number of nitrogens with zero attached hydrogens (tertiary/aromatic N) is 3. The average molecular weight is 301 g/mol. The van der Waals surface area contributed by atoms with Crippen molar-refractivity contribution in [2.24, 2.45) is 0 Å². The van der Waals surface area contributed by atoms with Crippen LogP contribution < -0.4 is 0 Å². The molecule has 0 fully saturated rings. The number of thiophene rings is 1. The van der Waals surface area contributed by atoms with Gasteiger partial charge < -0.3 is 5.11 Å². The van der Waals surface area contributed by atoms with E-state index >= 15 is 0 Å². The van der Waals surface area contributed by atoms with Crippen LogP contribution in [0.15, 0.2) is 17.5 Å². The number of carboxylic acids is 1. The molecule has 0 aliphatic heterocycles. The van der Waals surface area contributed by atoms with Crippen LogP contribution in [0, 0.1) is 0 Å². The van der Waals surface area contributed by atoms with Crippen LogP contribution in [0.25, 0.3) is 10.6 Å². The molecule has 0 spiro atoms. The smallest absolute Gasteiger partial charge is 0.358 e. The Kier molecular flexibility index (Phi) is 3.67. The second kappa shape index (κ2) is 5.10. The third-order valence-corrected chi connectivity index (χ3v) is 4.17. The molecule has 0 aromatic carbocycles. The van der Waals surface area contributed by atoms with E-state index in [1.165, 1.54) is 16.0 Å². The summed E-state index contributed by atoms with van der Waals surface area (Å²) in [6, 6.07) is 3.52. The van der Waals surface area contributed by atoms with Gasteiger partial charge in [-0.3, -0.25) is 0 Å². The van der Waals surface area contributed by atoms with Crippen LogP contribution in [0.4, 0.5) is 0 Å². The van der Waals surface area contributed by atoms with Crippen LogP contribution in [0.1, 0.15) is 10.5 Å². The van der Waals surface area contributed by atoms with Crippen LogP contribution in [0.2, 0.25) is 0 Å². The molecular formula is C10H11N3O4S2. The molecule has 0 aliphatic rings. The molecule has 7 nitrogen and oxygen atoms in total. The van der Waals surface area contributed by atoms with Crippen LogP contribution in [0.3, 0.4) is 0 Å². The number of hydrogen-bond acceptors (Lipinski definition) is 6. The Morgan fingerprint density at radius 3 is 2.79 bits per heavy atom. The van der Waals surface area contributed by atoms with E-state index in [0.717, 1.165) is 6.26 Å². The first-order chi connectivity index (χ1) is 8.88. The number of hydrogen-bond donors (Lipinski definition) is 1. The van der Waals surface area contributed by atoms with Crippen LogP contribution in [0.5, 0.6) is 0 Å². The Bertz CT molecular complexity index is 688. The zero-order valence-corrected chi connectivity index (χ0v) is 11.6. The SMILES string of the molecule is CS(=O)(=O)CCn1nnc(C(=O)O)c1-c1cccs1. The summed E-state index contributed by atoms with van der Waals surface area (Å²) >= 11 is 1.35. The highest BCUT2D eigenvalue weighted by molar-refractivity contribution is 7.90. The average Bonchev–Trinajstić information content (AvgIpc) is 2.93. The minimum Gasteiger partial charge on any atom is -0.476 e. The Balaban J connectivity index is 2.42. The predicted molar refractivity (Wildman–Crippen MR) is 70.0 cm³/mol. The first kappa shape index (κ1) is 13.7. The Morgan fingerprint density at radius 2 is 2.26 bits per heavy atom.